The van der Waals surface area contributed by atoms with Crippen LogP contribution < -0.4 is 4.74 Å². The van der Waals surface area contributed by atoms with E-state index in [0.717, 1.165) is 55.9 Å². The van der Waals surface area contributed by atoms with Gasteiger partial charge >= 0.3 is 0 Å². The number of methoxy groups -OCH3 is 1. The first-order valence-electron chi connectivity index (χ1n) is 7.03. The van der Waals surface area contributed by atoms with Gasteiger partial charge in [0.05, 0.1) is 20.3 Å². The highest BCUT2D eigenvalue weighted by Crippen LogP contribution is 2.32. The van der Waals surface area contributed by atoms with Crippen LogP contribution in [0.15, 0.2) is 22.7 Å². The summed E-state index contributed by atoms with van der Waals surface area (Å²) in [6, 6.07) is 6.11. The Balaban J connectivity index is 1.62. The third-order valence-corrected chi connectivity index (χ3v) is 4.85. The minimum Gasteiger partial charge on any atom is -0.497 e. The lowest BCUT2D eigenvalue weighted by Gasteiger charge is -2.37. The molecule has 2 fully saturated rings. The lowest BCUT2D eigenvalue weighted by atomic mass is 10.0. The van der Waals surface area contributed by atoms with Crippen molar-refractivity contribution in [2.45, 2.75) is 25.2 Å². The van der Waals surface area contributed by atoms with Crippen molar-refractivity contribution >= 4 is 15.9 Å². The molecule has 2 heterocycles. The molecule has 0 bridgehead atoms. The van der Waals surface area contributed by atoms with Gasteiger partial charge in [0.1, 0.15) is 5.75 Å². The zero-order valence-corrected chi connectivity index (χ0v) is 13.3. The molecule has 0 atom stereocenters. The molecule has 0 saturated carbocycles. The average molecular weight is 342 g/mol. The summed E-state index contributed by atoms with van der Waals surface area (Å²) < 4.78 is 18.0. The van der Waals surface area contributed by atoms with Gasteiger partial charge in [-0.05, 0) is 23.8 Å². The number of likely N-dealkylation sites (tertiary alicyclic amines) is 1. The van der Waals surface area contributed by atoms with E-state index in [9.17, 15) is 0 Å². The van der Waals surface area contributed by atoms with Crippen molar-refractivity contribution in [3.63, 3.8) is 0 Å². The quantitative estimate of drug-likeness (QED) is 0.845. The molecule has 0 amide bonds. The Labute approximate surface area is 128 Å². The van der Waals surface area contributed by atoms with Crippen LogP contribution in [0.5, 0.6) is 5.75 Å². The summed E-state index contributed by atoms with van der Waals surface area (Å²) in [6.45, 7) is 4.41. The van der Waals surface area contributed by atoms with Gasteiger partial charge in [0.25, 0.3) is 0 Å². The van der Waals surface area contributed by atoms with E-state index in [1.54, 1.807) is 7.11 Å². The van der Waals surface area contributed by atoms with Crippen LogP contribution in [0.25, 0.3) is 0 Å². The van der Waals surface area contributed by atoms with E-state index >= 15 is 0 Å². The van der Waals surface area contributed by atoms with Crippen molar-refractivity contribution in [3.05, 3.63) is 28.2 Å². The van der Waals surface area contributed by atoms with Crippen molar-refractivity contribution in [2.75, 3.05) is 33.4 Å². The second kappa shape index (κ2) is 6.02. The molecule has 2 aliphatic rings. The molecule has 2 aliphatic heterocycles. The summed E-state index contributed by atoms with van der Waals surface area (Å²) in [5.41, 5.74) is 1.26. The maximum atomic E-state index is 5.76. The van der Waals surface area contributed by atoms with Gasteiger partial charge in [0.15, 0.2) is 5.79 Å². The van der Waals surface area contributed by atoms with Crippen LogP contribution in [0.1, 0.15) is 18.4 Å². The highest BCUT2D eigenvalue weighted by atomic mass is 79.9. The summed E-state index contributed by atoms with van der Waals surface area (Å²) in [4.78, 5) is 2.44. The Kier molecular flexibility index (Phi) is 4.31. The van der Waals surface area contributed by atoms with Crippen molar-refractivity contribution in [1.82, 2.24) is 4.90 Å². The molecule has 20 heavy (non-hydrogen) atoms. The fraction of sp³-hybridized carbons (Fsp3) is 0.600. The summed E-state index contributed by atoms with van der Waals surface area (Å²) in [7, 11) is 1.70. The largest absolute Gasteiger partial charge is 0.497 e. The lowest BCUT2D eigenvalue weighted by molar-refractivity contribution is -0.185. The fourth-order valence-corrected chi connectivity index (χ4v) is 3.25. The van der Waals surface area contributed by atoms with Crippen LogP contribution >= 0.6 is 15.9 Å². The van der Waals surface area contributed by atoms with Gasteiger partial charge in [-0.3, -0.25) is 4.90 Å². The molecular weight excluding hydrogens is 322 g/mol. The van der Waals surface area contributed by atoms with Crippen molar-refractivity contribution in [2.24, 2.45) is 0 Å². The molecule has 1 aromatic rings. The molecule has 0 unspecified atom stereocenters. The Morgan fingerprint density at radius 2 is 1.95 bits per heavy atom. The molecule has 0 aromatic heterocycles. The average Bonchev–Trinajstić information content (AvgIpc) is 2.92. The third-order valence-electron chi connectivity index (χ3n) is 4.08. The second-order valence-corrected chi connectivity index (χ2v) is 6.20. The molecular formula is C15H20BrNO3. The number of piperidine rings is 1. The van der Waals surface area contributed by atoms with Gasteiger partial charge < -0.3 is 14.2 Å². The standard InChI is InChI=1S/C15H20BrNO3/c1-18-13-2-3-14(16)12(10-13)11-17-6-4-15(5-7-17)19-8-9-20-15/h2-3,10H,4-9,11H2,1H3. The minimum atomic E-state index is -0.290. The van der Waals surface area contributed by atoms with E-state index in [1.165, 1.54) is 5.56 Å². The topological polar surface area (TPSA) is 30.9 Å². The van der Waals surface area contributed by atoms with Crippen LogP contribution in [0.4, 0.5) is 0 Å². The Hall–Kier alpha value is -0.620. The van der Waals surface area contributed by atoms with Crippen molar-refractivity contribution in [1.29, 1.82) is 0 Å². The molecule has 0 N–H and O–H groups in total. The molecule has 4 nitrogen and oxygen atoms in total. The third kappa shape index (κ3) is 3.01. The van der Waals surface area contributed by atoms with E-state index in [1.807, 2.05) is 12.1 Å². The monoisotopic (exact) mass is 341 g/mol. The molecule has 0 radical (unpaired) electrons. The molecule has 5 heteroatoms. The normalized spacial score (nSPS) is 22.3. The predicted octanol–water partition coefficient (Wildman–Crippen LogP) is 2.80. The molecule has 110 valence electrons. The number of halogens is 1. The van der Waals surface area contributed by atoms with Gasteiger partial charge in [0.2, 0.25) is 0 Å². The summed E-state index contributed by atoms with van der Waals surface area (Å²) in [5.74, 6) is 0.612. The van der Waals surface area contributed by atoms with Gasteiger partial charge in [-0.25, -0.2) is 0 Å². The number of hydrogen-bond donors (Lipinski definition) is 0. The van der Waals surface area contributed by atoms with Crippen LogP contribution in [-0.2, 0) is 16.0 Å². The van der Waals surface area contributed by atoms with Gasteiger partial charge in [0, 0.05) is 36.9 Å². The first-order chi connectivity index (χ1) is 9.71. The fourth-order valence-electron chi connectivity index (χ4n) is 2.88. The SMILES string of the molecule is COc1ccc(Br)c(CN2CCC3(CC2)OCCO3)c1. The van der Waals surface area contributed by atoms with Gasteiger partial charge in [-0.2, -0.15) is 0 Å². The van der Waals surface area contributed by atoms with Crippen molar-refractivity contribution < 1.29 is 14.2 Å². The number of benzene rings is 1. The molecule has 3 rings (SSSR count). The Morgan fingerprint density at radius 3 is 2.60 bits per heavy atom. The Morgan fingerprint density at radius 1 is 1.25 bits per heavy atom. The van der Waals surface area contributed by atoms with E-state index in [4.69, 9.17) is 14.2 Å². The smallest absolute Gasteiger partial charge is 0.170 e. The maximum absolute atomic E-state index is 5.76. The summed E-state index contributed by atoms with van der Waals surface area (Å²) in [5, 5.41) is 0. The molecule has 0 aliphatic carbocycles. The highest BCUT2D eigenvalue weighted by Gasteiger charge is 2.39. The van der Waals surface area contributed by atoms with E-state index in [-0.39, 0.29) is 5.79 Å². The minimum absolute atomic E-state index is 0.290. The summed E-state index contributed by atoms with van der Waals surface area (Å²) >= 11 is 3.61. The Bertz CT molecular complexity index is 464. The highest BCUT2D eigenvalue weighted by molar-refractivity contribution is 9.10. The number of ether oxygens (including phenoxy) is 3. The molecule has 1 spiro atoms. The number of nitrogens with zero attached hydrogens (tertiary/aromatic N) is 1. The van der Waals surface area contributed by atoms with Crippen LogP contribution in [-0.4, -0.2) is 44.1 Å². The molecule has 2 saturated heterocycles. The predicted molar refractivity (Wildman–Crippen MR) is 79.8 cm³/mol. The summed E-state index contributed by atoms with van der Waals surface area (Å²) in [6.07, 6.45) is 1.91. The van der Waals surface area contributed by atoms with Gasteiger partial charge in [-0.1, -0.05) is 15.9 Å². The van der Waals surface area contributed by atoms with Crippen molar-refractivity contribution in [3.8, 4) is 5.75 Å². The maximum Gasteiger partial charge on any atom is 0.170 e. The number of hydrogen-bond acceptors (Lipinski definition) is 4. The zero-order chi connectivity index (χ0) is 14.0. The van der Waals surface area contributed by atoms with E-state index < -0.39 is 0 Å². The van der Waals surface area contributed by atoms with Crippen LogP contribution in [0.2, 0.25) is 0 Å². The number of rotatable bonds is 3. The molecule has 1 aromatic carbocycles. The van der Waals surface area contributed by atoms with Crippen LogP contribution in [0.3, 0.4) is 0 Å². The lowest BCUT2D eigenvalue weighted by Crippen LogP contribution is -2.44. The van der Waals surface area contributed by atoms with Crippen LogP contribution in [0, 0.1) is 0 Å². The zero-order valence-electron chi connectivity index (χ0n) is 11.7. The van der Waals surface area contributed by atoms with E-state index in [0.29, 0.717) is 0 Å². The first-order valence-corrected chi connectivity index (χ1v) is 7.83. The first kappa shape index (κ1) is 14.3. The van der Waals surface area contributed by atoms with Gasteiger partial charge in [-0.15, -0.1) is 0 Å². The van der Waals surface area contributed by atoms with E-state index in [2.05, 4.69) is 26.9 Å². The second-order valence-electron chi connectivity index (χ2n) is 5.34.